The molecular weight excluding hydrogens is 232 g/mol. The van der Waals surface area contributed by atoms with Crippen molar-refractivity contribution in [2.45, 2.75) is 6.10 Å². The number of ether oxygens (including phenoxy) is 1. The van der Waals surface area contributed by atoms with Crippen molar-refractivity contribution in [2.24, 2.45) is 0 Å². The lowest BCUT2D eigenvalue weighted by Crippen LogP contribution is -2.35. The fourth-order valence-corrected chi connectivity index (χ4v) is 1.50. The quantitative estimate of drug-likeness (QED) is 0.573. The summed E-state index contributed by atoms with van der Waals surface area (Å²) < 4.78 is 4.68. The summed E-state index contributed by atoms with van der Waals surface area (Å²) in [7, 11) is 1.48. The second-order valence-electron chi connectivity index (χ2n) is 3.91. The molecule has 0 aliphatic carbocycles. The normalized spacial score (nSPS) is 12.1. The zero-order valence-corrected chi connectivity index (χ0v) is 10.6. The second kappa shape index (κ2) is 8.63. The van der Waals surface area contributed by atoms with Gasteiger partial charge in [0.2, 0.25) is 5.91 Å². The van der Waals surface area contributed by atoms with Crippen molar-refractivity contribution >= 4 is 5.91 Å². The minimum absolute atomic E-state index is 0.0760. The minimum atomic E-state index is -0.527. The van der Waals surface area contributed by atoms with Crippen molar-refractivity contribution in [3.63, 3.8) is 0 Å². The summed E-state index contributed by atoms with van der Waals surface area (Å²) in [5, 5.41) is 15.6. The first-order valence-electron chi connectivity index (χ1n) is 5.93. The number of benzene rings is 1. The third-order valence-electron chi connectivity index (χ3n) is 2.42. The van der Waals surface area contributed by atoms with Crippen LogP contribution in [0.15, 0.2) is 30.3 Å². The van der Waals surface area contributed by atoms with Gasteiger partial charge in [-0.05, 0) is 5.56 Å². The van der Waals surface area contributed by atoms with Crippen molar-refractivity contribution in [1.82, 2.24) is 10.6 Å². The van der Waals surface area contributed by atoms with Crippen LogP contribution in [0.3, 0.4) is 0 Å². The molecule has 0 heterocycles. The topological polar surface area (TPSA) is 70.6 Å². The predicted molar refractivity (Wildman–Crippen MR) is 69.2 cm³/mol. The SMILES string of the molecule is COCC(=O)NCCNC[C@H](O)c1ccccc1. The maximum atomic E-state index is 11.0. The van der Waals surface area contributed by atoms with Gasteiger partial charge in [0, 0.05) is 26.7 Å². The van der Waals surface area contributed by atoms with E-state index in [4.69, 9.17) is 0 Å². The Labute approximate surface area is 107 Å². The highest BCUT2D eigenvalue weighted by Gasteiger charge is 2.05. The van der Waals surface area contributed by atoms with E-state index in [9.17, 15) is 9.90 Å². The van der Waals surface area contributed by atoms with E-state index in [1.807, 2.05) is 30.3 Å². The number of aliphatic hydroxyl groups is 1. The highest BCUT2D eigenvalue weighted by molar-refractivity contribution is 5.77. The first-order chi connectivity index (χ1) is 8.74. The number of amides is 1. The van der Waals surface area contributed by atoms with Crippen molar-refractivity contribution in [3.05, 3.63) is 35.9 Å². The van der Waals surface area contributed by atoms with E-state index in [-0.39, 0.29) is 12.5 Å². The van der Waals surface area contributed by atoms with Crippen molar-refractivity contribution < 1.29 is 14.6 Å². The first kappa shape index (κ1) is 14.6. The molecule has 18 heavy (non-hydrogen) atoms. The molecule has 0 bridgehead atoms. The lowest BCUT2D eigenvalue weighted by Gasteiger charge is -2.12. The van der Waals surface area contributed by atoms with Gasteiger partial charge in [0.1, 0.15) is 6.61 Å². The number of hydrogen-bond donors (Lipinski definition) is 3. The molecule has 0 fully saturated rings. The Morgan fingerprint density at radius 1 is 1.33 bits per heavy atom. The van der Waals surface area contributed by atoms with E-state index in [0.717, 1.165) is 5.56 Å². The number of methoxy groups -OCH3 is 1. The van der Waals surface area contributed by atoms with Gasteiger partial charge in [-0.2, -0.15) is 0 Å². The van der Waals surface area contributed by atoms with Crippen molar-refractivity contribution in [1.29, 1.82) is 0 Å². The molecule has 5 heteroatoms. The minimum Gasteiger partial charge on any atom is -0.387 e. The van der Waals surface area contributed by atoms with Gasteiger partial charge in [-0.25, -0.2) is 0 Å². The van der Waals surface area contributed by atoms with Gasteiger partial charge >= 0.3 is 0 Å². The second-order valence-corrected chi connectivity index (χ2v) is 3.91. The first-order valence-corrected chi connectivity index (χ1v) is 5.93. The van der Waals surface area contributed by atoms with Crippen LogP contribution in [0, 0.1) is 0 Å². The number of carbonyl (C=O) groups excluding carboxylic acids is 1. The summed E-state index contributed by atoms with van der Waals surface area (Å²) in [4.78, 5) is 11.0. The summed E-state index contributed by atoms with van der Waals surface area (Å²) in [5.74, 6) is -0.136. The lowest BCUT2D eigenvalue weighted by atomic mass is 10.1. The van der Waals surface area contributed by atoms with E-state index in [1.165, 1.54) is 7.11 Å². The molecule has 0 aromatic heterocycles. The van der Waals surface area contributed by atoms with E-state index < -0.39 is 6.10 Å². The fraction of sp³-hybridized carbons (Fsp3) is 0.462. The third-order valence-corrected chi connectivity index (χ3v) is 2.42. The zero-order chi connectivity index (χ0) is 13.2. The molecule has 3 N–H and O–H groups in total. The Morgan fingerprint density at radius 2 is 2.06 bits per heavy atom. The van der Waals surface area contributed by atoms with Crippen LogP contribution in [0.4, 0.5) is 0 Å². The molecule has 5 nitrogen and oxygen atoms in total. The van der Waals surface area contributed by atoms with E-state index >= 15 is 0 Å². The van der Waals surface area contributed by atoms with Crippen LogP contribution in [-0.2, 0) is 9.53 Å². The average molecular weight is 252 g/mol. The predicted octanol–water partition coefficient (Wildman–Crippen LogP) is 0.0722. The van der Waals surface area contributed by atoms with Gasteiger partial charge in [-0.3, -0.25) is 4.79 Å². The number of rotatable bonds is 8. The van der Waals surface area contributed by atoms with Gasteiger partial charge < -0.3 is 20.5 Å². The molecule has 0 saturated carbocycles. The Morgan fingerprint density at radius 3 is 2.72 bits per heavy atom. The molecule has 1 rings (SSSR count). The third kappa shape index (κ3) is 5.77. The van der Waals surface area contributed by atoms with Crippen LogP contribution in [0.25, 0.3) is 0 Å². The maximum Gasteiger partial charge on any atom is 0.246 e. The molecule has 1 aromatic rings. The summed E-state index contributed by atoms with van der Waals surface area (Å²) in [6.07, 6.45) is -0.527. The molecule has 1 aromatic carbocycles. The zero-order valence-electron chi connectivity index (χ0n) is 10.6. The standard InChI is InChI=1S/C13H20N2O3/c1-18-10-13(17)15-8-7-14-9-12(16)11-5-3-2-4-6-11/h2-6,12,14,16H,7-10H2,1H3,(H,15,17)/t12-/m0/s1. The van der Waals surface area contributed by atoms with Crippen LogP contribution in [-0.4, -0.2) is 44.4 Å². The molecule has 0 aliphatic heterocycles. The van der Waals surface area contributed by atoms with E-state index in [1.54, 1.807) is 0 Å². The van der Waals surface area contributed by atoms with Crippen LogP contribution in [0.1, 0.15) is 11.7 Å². The summed E-state index contributed by atoms with van der Waals surface area (Å²) in [5.41, 5.74) is 0.883. The molecule has 0 radical (unpaired) electrons. The molecule has 1 atom stereocenters. The number of aliphatic hydroxyl groups excluding tert-OH is 1. The maximum absolute atomic E-state index is 11.0. The number of hydrogen-bond acceptors (Lipinski definition) is 4. The molecule has 0 saturated heterocycles. The number of carbonyl (C=O) groups is 1. The summed E-state index contributed by atoms with van der Waals surface area (Å²) in [6.45, 7) is 1.67. The van der Waals surface area contributed by atoms with Crippen LogP contribution in [0.2, 0.25) is 0 Å². The summed E-state index contributed by atoms with van der Waals surface area (Å²) in [6, 6.07) is 9.46. The Kier molecular flexibility index (Phi) is 7.01. The van der Waals surface area contributed by atoms with Gasteiger partial charge in [0.25, 0.3) is 0 Å². The van der Waals surface area contributed by atoms with Crippen LogP contribution in [0.5, 0.6) is 0 Å². The largest absolute Gasteiger partial charge is 0.387 e. The smallest absolute Gasteiger partial charge is 0.246 e. The molecule has 1 amide bonds. The molecule has 0 unspecified atom stereocenters. The Balaban J connectivity index is 2.09. The molecule has 0 spiro atoms. The molecule has 0 aliphatic rings. The van der Waals surface area contributed by atoms with Gasteiger partial charge in [-0.15, -0.1) is 0 Å². The van der Waals surface area contributed by atoms with E-state index in [0.29, 0.717) is 19.6 Å². The number of nitrogens with one attached hydrogen (secondary N) is 2. The van der Waals surface area contributed by atoms with Crippen molar-refractivity contribution in [2.75, 3.05) is 33.4 Å². The highest BCUT2D eigenvalue weighted by atomic mass is 16.5. The highest BCUT2D eigenvalue weighted by Crippen LogP contribution is 2.09. The fourth-order valence-electron chi connectivity index (χ4n) is 1.50. The summed E-state index contributed by atoms with van der Waals surface area (Å²) >= 11 is 0. The lowest BCUT2D eigenvalue weighted by molar-refractivity contribution is -0.124. The Hall–Kier alpha value is -1.43. The Bertz CT molecular complexity index is 343. The molecular formula is C13H20N2O3. The van der Waals surface area contributed by atoms with Gasteiger partial charge in [-0.1, -0.05) is 30.3 Å². The van der Waals surface area contributed by atoms with Gasteiger partial charge in [0.05, 0.1) is 6.10 Å². The van der Waals surface area contributed by atoms with Gasteiger partial charge in [0.15, 0.2) is 0 Å². The monoisotopic (exact) mass is 252 g/mol. The van der Waals surface area contributed by atoms with Crippen molar-refractivity contribution in [3.8, 4) is 0 Å². The van der Waals surface area contributed by atoms with Crippen LogP contribution >= 0.6 is 0 Å². The van der Waals surface area contributed by atoms with Crippen LogP contribution < -0.4 is 10.6 Å². The molecule has 100 valence electrons. The average Bonchev–Trinajstić information content (AvgIpc) is 2.39. The van der Waals surface area contributed by atoms with E-state index in [2.05, 4.69) is 15.4 Å².